The first-order valence-electron chi connectivity index (χ1n) is 9.98. The van der Waals surface area contributed by atoms with Gasteiger partial charge in [-0.2, -0.15) is 0 Å². The molecule has 3 aromatic carbocycles. The van der Waals surface area contributed by atoms with E-state index in [-0.39, 0.29) is 0 Å². The smallest absolute Gasteiger partial charge is 0.161 e. The molecule has 0 saturated carbocycles. The summed E-state index contributed by atoms with van der Waals surface area (Å²) in [4.78, 5) is 7.92. The van der Waals surface area contributed by atoms with E-state index in [1.165, 1.54) is 0 Å². The van der Waals surface area contributed by atoms with Gasteiger partial charge in [0.05, 0.1) is 24.2 Å². The van der Waals surface area contributed by atoms with Crippen LogP contribution in [0, 0.1) is 0 Å². The normalized spacial score (nSPS) is 11.0. The number of nitrogens with zero attached hydrogens (tertiary/aromatic N) is 1. The SMILES string of the molecule is CCOc1cc(CNCc2nc3ccccc3[nH]2)ccc1OCc1cccc(Cl)c1. The molecule has 0 aliphatic rings. The lowest BCUT2D eigenvalue weighted by molar-refractivity contribution is 0.269. The Morgan fingerprint density at radius 1 is 0.900 bits per heavy atom. The summed E-state index contributed by atoms with van der Waals surface area (Å²) >= 11 is 6.05. The van der Waals surface area contributed by atoms with E-state index in [2.05, 4.69) is 15.3 Å². The van der Waals surface area contributed by atoms with Gasteiger partial charge in [0.1, 0.15) is 12.4 Å². The standard InChI is InChI=1S/C24H24ClN3O2/c1-2-29-23-13-17(10-11-22(23)30-16-18-6-5-7-19(25)12-18)14-26-15-24-27-20-8-3-4-9-21(20)28-24/h3-13,26H,2,14-16H2,1H3,(H,27,28). The van der Waals surface area contributed by atoms with Crippen LogP contribution in [-0.2, 0) is 19.7 Å². The number of aromatic amines is 1. The lowest BCUT2D eigenvalue weighted by atomic mass is 10.2. The highest BCUT2D eigenvalue weighted by atomic mass is 35.5. The first-order chi connectivity index (χ1) is 14.7. The molecule has 0 aliphatic heterocycles. The average molecular weight is 422 g/mol. The topological polar surface area (TPSA) is 59.2 Å². The van der Waals surface area contributed by atoms with Gasteiger partial charge in [-0.1, -0.05) is 41.9 Å². The molecule has 0 spiro atoms. The molecule has 154 valence electrons. The number of nitrogens with one attached hydrogen (secondary N) is 2. The van der Waals surface area contributed by atoms with Crippen LogP contribution >= 0.6 is 11.6 Å². The number of ether oxygens (including phenoxy) is 2. The van der Waals surface area contributed by atoms with Crippen LogP contribution in [0.4, 0.5) is 0 Å². The highest BCUT2D eigenvalue weighted by Crippen LogP contribution is 2.29. The van der Waals surface area contributed by atoms with Crippen LogP contribution in [-0.4, -0.2) is 16.6 Å². The summed E-state index contributed by atoms with van der Waals surface area (Å²) in [5.74, 6) is 2.38. The second-order valence-corrected chi connectivity index (χ2v) is 7.37. The Labute approximate surface area is 181 Å². The van der Waals surface area contributed by atoms with Gasteiger partial charge in [-0.15, -0.1) is 0 Å². The van der Waals surface area contributed by atoms with E-state index < -0.39 is 0 Å². The van der Waals surface area contributed by atoms with E-state index in [9.17, 15) is 0 Å². The fourth-order valence-corrected chi connectivity index (χ4v) is 3.47. The molecule has 4 rings (SSSR count). The fraction of sp³-hybridized carbons (Fsp3) is 0.208. The third kappa shape index (κ3) is 5.12. The first kappa shape index (κ1) is 20.3. The van der Waals surface area contributed by atoms with Crippen LogP contribution in [0.2, 0.25) is 5.02 Å². The Morgan fingerprint density at radius 3 is 2.63 bits per heavy atom. The minimum atomic E-state index is 0.435. The van der Waals surface area contributed by atoms with Gasteiger partial charge in [-0.05, 0) is 54.4 Å². The van der Waals surface area contributed by atoms with Crippen molar-refractivity contribution >= 4 is 22.6 Å². The highest BCUT2D eigenvalue weighted by molar-refractivity contribution is 6.30. The summed E-state index contributed by atoms with van der Waals surface area (Å²) in [5.41, 5.74) is 4.16. The largest absolute Gasteiger partial charge is 0.490 e. The number of aromatic nitrogens is 2. The van der Waals surface area contributed by atoms with E-state index in [1.807, 2.05) is 73.7 Å². The third-order valence-corrected chi connectivity index (χ3v) is 4.89. The number of fused-ring (bicyclic) bond motifs is 1. The Hall–Kier alpha value is -3.02. The van der Waals surface area contributed by atoms with Crippen LogP contribution in [0.3, 0.4) is 0 Å². The Bertz CT molecular complexity index is 1090. The van der Waals surface area contributed by atoms with E-state index in [0.29, 0.717) is 31.3 Å². The zero-order chi connectivity index (χ0) is 20.8. The first-order valence-corrected chi connectivity index (χ1v) is 10.4. The van der Waals surface area contributed by atoms with Crippen molar-refractivity contribution < 1.29 is 9.47 Å². The fourth-order valence-electron chi connectivity index (χ4n) is 3.25. The van der Waals surface area contributed by atoms with Crippen molar-refractivity contribution in [2.75, 3.05) is 6.61 Å². The molecule has 5 nitrogen and oxygen atoms in total. The van der Waals surface area contributed by atoms with Crippen molar-refractivity contribution in [3.63, 3.8) is 0 Å². The quantitative estimate of drug-likeness (QED) is 0.375. The van der Waals surface area contributed by atoms with Crippen LogP contribution in [0.5, 0.6) is 11.5 Å². The second kappa shape index (κ2) is 9.65. The molecular weight excluding hydrogens is 398 g/mol. The molecule has 0 aliphatic carbocycles. The van der Waals surface area contributed by atoms with Gasteiger partial charge < -0.3 is 19.8 Å². The third-order valence-electron chi connectivity index (χ3n) is 4.65. The molecule has 0 unspecified atom stereocenters. The number of rotatable bonds is 9. The summed E-state index contributed by atoms with van der Waals surface area (Å²) < 4.78 is 11.8. The zero-order valence-electron chi connectivity index (χ0n) is 16.8. The number of para-hydroxylation sites is 2. The van der Waals surface area contributed by atoms with E-state index >= 15 is 0 Å². The molecule has 6 heteroatoms. The molecule has 1 heterocycles. The highest BCUT2D eigenvalue weighted by Gasteiger charge is 2.08. The summed E-state index contributed by atoms with van der Waals surface area (Å²) in [6.07, 6.45) is 0. The van der Waals surface area contributed by atoms with Crippen molar-refractivity contribution in [1.29, 1.82) is 0 Å². The van der Waals surface area contributed by atoms with Gasteiger partial charge in [0.15, 0.2) is 11.5 Å². The molecular formula is C24H24ClN3O2. The summed E-state index contributed by atoms with van der Waals surface area (Å²) in [6, 6.07) is 21.7. The maximum absolute atomic E-state index is 6.05. The number of imidazole rings is 1. The van der Waals surface area contributed by atoms with Crippen molar-refractivity contribution in [3.8, 4) is 11.5 Å². The van der Waals surface area contributed by atoms with E-state index in [1.54, 1.807) is 0 Å². The second-order valence-electron chi connectivity index (χ2n) is 6.94. The molecule has 0 atom stereocenters. The van der Waals surface area contributed by atoms with Gasteiger partial charge in [-0.25, -0.2) is 4.98 Å². The van der Waals surface area contributed by atoms with E-state index in [0.717, 1.165) is 39.5 Å². The van der Waals surface area contributed by atoms with Crippen molar-refractivity contribution in [1.82, 2.24) is 15.3 Å². The average Bonchev–Trinajstić information content (AvgIpc) is 3.16. The predicted molar refractivity (Wildman–Crippen MR) is 120 cm³/mol. The molecule has 30 heavy (non-hydrogen) atoms. The molecule has 0 bridgehead atoms. The van der Waals surface area contributed by atoms with Gasteiger partial charge in [0.2, 0.25) is 0 Å². The van der Waals surface area contributed by atoms with Crippen LogP contribution in [0.15, 0.2) is 66.7 Å². The van der Waals surface area contributed by atoms with Gasteiger partial charge >= 0.3 is 0 Å². The maximum atomic E-state index is 6.05. The molecule has 4 aromatic rings. The van der Waals surface area contributed by atoms with E-state index in [4.69, 9.17) is 21.1 Å². The Kier molecular flexibility index (Phi) is 6.52. The summed E-state index contributed by atoms with van der Waals surface area (Å²) in [5, 5.41) is 4.13. The van der Waals surface area contributed by atoms with Gasteiger partial charge in [0.25, 0.3) is 0 Å². The van der Waals surface area contributed by atoms with Crippen molar-refractivity contribution in [2.45, 2.75) is 26.6 Å². The van der Waals surface area contributed by atoms with Crippen molar-refractivity contribution in [2.24, 2.45) is 0 Å². The molecule has 1 aromatic heterocycles. The number of hydrogen-bond acceptors (Lipinski definition) is 4. The Balaban J connectivity index is 1.38. The molecule has 0 saturated heterocycles. The molecule has 0 fully saturated rings. The number of benzene rings is 3. The predicted octanol–water partition coefficient (Wildman–Crippen LogP) is 5.48. The summed E-state index contributed by atoms with van der Waals surface area (Å²) in [6.45, 7) is 4.33. The van der Waals surface area contributed by atoms with Crippen LogP contribution in [0.1, 0.15) is 23.9 Å². The lowest BCUT2D eigenvalue weighted by Crippen LogP contribution is -2.14. The monoisotopic (exact) mass is 421 g/mol. The van der Waals surface area contributed by atoms with Crippen LogP contribution in [0.25, 0.3) is 11.0 Å². The summed E-state index contributed by atoms with van der Waals surface area (Å²) in [7, 11) is 0. The maximum Gasteiger partial charge on any atom is 0.161 e. The lowest BCUT2D eigenvalue weighted by Gasteiger charge is -2.14. The number of H-pyrrole nitrogens is 1. The van der Waals surface area contributed by atoms with Crippen LogP contribution < -0.4 is 14.8 Å². The molecule has 0 radical (unpaired) electrons. The Morgan fingerprint density at radius 2 is 1.80 bits per heavy atom. The minimum absolute atomic E-state index is 0.435. The van der Waals surface area contributed by atoms with Crippen molar-refractivity contribution in [3.05, 3.63) is 88.7 Å². The number of hydrogen-bond donors (Lipinski definition) is 2. The molecule has 0 amide bonds. The molecule has 2 N–H and O–H groups in total. The van der Waals surface area contributed by atoms with Gasteiger partial charge in [-0.3, -0.25) is 0 Å². The van der Waals surface area contributed by atoms with Gasteiger partial charge in [0, 0.05) is 11.6 Å². The zero-order valence-corrected chi connectivity index (χ0v) is 17.6. The number of halogens is 1. The minimum Gasteiger partial charge on any atom is -0.490 e.